The summed E-state index contributed by atoms with van der Waals surface area (Å²) in [7, 11) is 0. The number of aromatic nitrogens is 3. The molecule has 1 aromatic carbocycles. The van der Waals surface area contributed by atoms with Gasteiger partial charge in [-0.1, -0.05) is 23.4 Å². The van der Waals surface area contributed by atoms with Gasteiger partial charge in [-0.25, -0.2) is 9.97 Å². The molecule has 3 heterocycles. The van der Waals surface area contributed by atoms with Gasteiger partial charge in [-0.15, -0.1) is 0 Å². The van der Waals surface area contributed by atoms with Crippen molar-refractivity contribution in [1.29, 1.82) is 0 Å². The summed E-state index contributed by atoms with van der Waals surface area (Å²) in [6.07, 6.45) is 1.42. The van der Waals surface area contributed by atoms with Crippen LogP contribution in [0.1, 0.15) is 16.2 Å². The van der Waals surface area contributed by atoms with Gasteiger partial charge in [0, 0.05) is 44.0 Å². The van der Waals surface area contributed by atoms with E-state index in [1.165, 1.54) is 12.0 Å². The third-order valence-corrected chi connectivity index (χ3v) is 4.48. The van der Waals surface area contributed by atoms with E-state index in [1.807, 2.05) is 18.2 Å². The Balaban J connectivity index is 1.41. The Morgan fingerprint density at radius 3 is 2.48 bits per heavy atom. The van der Waals surface area contributed by atoms with Crippen LogP contribution in [0.15, 0.2) is 53.3 Å². The van der Waals surface area contributed by atoms with Crippen LogP contribution in [0.2, 0.25) is 0 Å². The molecule has 1 aliphatic heterocycles. The normalized spacial score (nSPS) is 14.3. The number of piperazine rings is 1. The second kappa shape index (κ2) is 7.45. The first-order chi connectivity index (χ1) is 13.2. The lowest BCUT2D eigenvalue weighted by molar-refractivity contribution is 0.102. The highest BCUT2D eigenvalue weighted by molar-refractivity contribution is 6.02. The summed E-state index contributed by atoms with van der Waals surface area (Å²) in [6.45, 7) is 5.22. The fourth-order valence-electron chi connectivity index (χ4n) is 3.08. The van der Waals surface area contributed by atoms with Gasteiger partial charge in [0.25, 0.3) is 5.91 Å². The van der Waals surface area contributed by atoms with Crippen molar-refractivity contribution in [2.24, 2.45) is 0 Å². The SMILES string of the molecule is Cc1cc(NC(=O)c2cc(N3CCN(c4ccccc4)CC3)ncn2)no1. The van der Waals surface area contributed by atoms with Crippen LogP contribution < -0.4 is 15.1 Å². The number of amides is 1. The smallest absolute Gasteiger partial charge is 0.275 e. The third-order valence-electron chi connectivity index (χ3n) is 4.48. The molecule has 0 bridgehead atoms. The molecule has 27 heavy (non-hydrogen) atoms. The molecule has 0 radical (unpaired) electrons. The topological polar surface area (TPSA) is 87.4 Å². The van der Waals surface area contributed by atoms with Crippen molar-refractivity contribution < 1.29 is 9.32 Å². The lowest BCUT2D eigenvalue weighted by Gasteiger charge is -2.36. The monoisotopic (exact) mass is 364 g/mol. The molecule has 0 atom stereocenters. The Hall–Kier alpha value is -3.42. The van der Waals surface area contributed by atoms with E-state index in [0.29, 0.717) is 17.3 Å². The van der Waals surface area contributed by atoms with Gasteiger partial charge in [-0.3, -0.25) is 4.79 Å². The van der Waals surface area contributed by atoms with Crippen LogP contribution in [0, 0.1) is 6.92 Å². The van der Waals surface area contributed by atoms with Crippen LogP contribution in [-0.4, -0.2) is 47.2 Å². The summed E-state index contributed by atoms with van der Waals surface area (Å²) < 4.78 is 4.96. The lowest BCUT2D eigenvalue weighted by Crippen LogP contribution is -2.46. The van der Waals surface area contributed by atoms with Crippen LogP contribution in [0.3, 0.4) is 0 Å². The zero-order valence-corrected chi connectivity index (χ0v) is 15.0. The molecule has 1 fully saturated rings. The van der Waals surface area contributed by atoms with Gasteiger partial charge in [0.05, 0.1) is 0 Å². The molecule has 138 valence electrons. The van der Waals surface area contributed by atoms with E-state index in [0.717, 1.165) is 32.0 Å². The van der Waals surface area contributed by atoms with Gasteiger partial charge < -0.3 is 19.6 Å². The number of nitrogens with zero attached hydrogens (tertiary/aromatic N) is 5. The minimum Gasteiger partial charge on any atom is -0.368 e. The van der Waals surface area contributed by atoms with Crippen LogP contribution in [-0.2, 0) is 0 Å². The molecule has 0 saturated carbocycles. The van der Waals surface area contributed by atoms with Crippen molar-refractivity contribution in [3.63, 3.8) is 0 Å². The summed E-state index contributed by atoms with van der Waals surface area (Å²) in [4.78, 5) is 25.3. The third kappa shape index (κ3) is 3.89. The molecule has 1 amide bonds. The van der Waals surface area contributed by atoms with Crippen molar-refractivity contribution in [2.75, 3.05) is 41.3 Å². The summed E-state index contributed by atoms with van der Waals surface area (Å²) in [5.41, 5.74) is 1.52. The number of hydrogen-bond acceptors (Lipinski definition) is 7. The second-order valence-electron chi connectivity index (χ2n) is 6.35. The summed E-state index contributed by atoms with van der Waals surface area (Å²) in [6, 6.07) is 13.7. The zero-order chi connectivity index (χ0) is 18.6. The van der Waals surface area contributed by atoms with Gasteiger partial charge >= 0.3 is 0 Å². The predicted molar refractivity (Wildman–Crippen MR) is 102 cm³/mol. The molecule has 0 unspecified atom stereocenters. The van der Waals surface area contributed by atoms with Crippen LogP contribution in [0.25, 0.3) is 0 Å². The van der Waals surface area contributed by atoms with E-state index in [4.69, 9.17) is 4.52 Å². The van der Waals surface area contributed by atoms with Gasteiger partial charge in [0.15, 0.2) is 5.82 Å². The fourth-order valence-corrected chi connectivity index (χ4v) is 3.08. The van der Waals surface area contributed by atoms with E-state index < -0.39 is 0 Å². The Labute approximate surface area is 156 Å². The Morgan fingerprint density at radius 2 is 1.78 bits per heavy atom. The van der Waals surface area contributed by atoms with Crippen LogP contribution >= 0.6 is 0 Å². The second-order valence-corrected chi connectivity index (χ2v) is 6.35. The van der Waals surface area contributed by atoms with E-state index in [-0.39, 0.29) is 5.91 Å². The number of carbonyl (C=O) groups excluding carboxylic acids is 1. The van der Waals surface area contributed by atoms with Crippen LogP contribution in [0.4, 0.5) is 17.3 Å². The van der Waals surface area contributed by atoms with E-state index in [9.17, 15) is 4.79 Å². The Bertz CT molecular complexity index is 919. The summed E-state index contributed by atoms with van der Waals surface area (Å²) >= 11 is 0. The first-order valence-corrected chi connectivity index (χ1v) is 8.81. The quantitative estimate of drug-likeness (QED) is 0.760. The first-order valence-electron chi connectivity index (χ1n) is 8.81. The maximum Gasteiger partial charge on any atom is 0.275 e. The zero-order valence-electron chi connectivity index (χ0n) is 15.0. The molecule has 1 aliphatic rings. The molecule has 8 nitrogen and oxygen atoms in total. The molecule has 0 aliphatic carbocycles. The molecule has 8 heteroatoms. The minimum atomic E-state index is -0.338. The number of para-hydroxylation sites is 1. The number of carbonyl (C=O) groups is 1. The fraction of sp³-hybridized carbons (Fsp3) is 0.263. The van der Waals surface area contributed by atoms with Gasteiger partial charge in [0.2, 0.25) is 0 Å². The van der Waals surface area contributed by atoms with Gasteiger partial charge in [-0.2, -0.15) is 0 Å². The molecule has 1 saturated heterocycles. The number of hydrogen-bond donors (Lipinski definition) is 1. The van der Waals surface area contributed by atoms with Crippen molar-refractivity contribution >= 4 is 23.2 Å². The Morgan fingerprint density at radius 1 is 1.04 bits per heavy atom. The van der Waals surface area contributed by atoms with Crippen molar-refractivity contribution in [2.45, 2.75) is 6.92 Å². The van der Waals surface area contributed by atoms with Crippen molar-refractivity contribution in [3.05, 3.63) is 60.2 Å². The molecule has 4 rings (SSSR count). The highest BCUT2D eigenvalue weighted by atomic mass is 16.5. The molecular weight excluding hydrogens is 344 g/mol. The van der Waals surface area contributed by atoms with Gasteiger partial charge in [-0.05, 0) is 19.1 Å². The predicted octanol–water partition coefficient (Wildman–Crippen LogP) is 2.35. The standard InChI is InChI=1S/C19H20N6O2/c1-14-11-17(23-27-14)22-19(26)16-12-18(21-13-20-16)25-9-7-24(8-10-25)15-5-3-2-4-6-15/h2-6,11-13H,7-10H2,1H3,(H,22,23,26). The maximum absolute atomic E-state index is 12.4. The number of nitrogens with one attached hydrogen (secondary N) is 1. The maximum atomic E-state index is 12.4. The molecule has 0 spiro atoms. The van der Waals surface area contributed by atoms with E-state index >= 15 is 0 Å². The highest BCUT2D eigenvalue weighted by Gasteiger charge is 2.20. The van der Waals surface area contributed by atoms with E-state index in [1.54, 1.807) is 19.1 Å². The van der Waals surface area contributed by atoms with Crippen LogP contribution in [0.5, 0.6) is 0 Å². The van der Waals surface area contributed by atoms with E-state index in [2.05, 4.69) is 42.4 Å². The molecule has 3 aromatic rings. The number of aryl methyl sites for hydroxylation is 1. The summed E-state index contributed by atoms with van der Waals surface area (Å²) in [5.74, 6) is 1.41. The minimum absolute atomic E-state index is 0.297. The summed E-state index contributed by atoms with van der Waals surface area (Å²) in [5, 5.41) is 6.44. The Kier molecular flexibility index (Phi) is 4.69. The average molecular weight is 364 g/mol. The van der Waals surface area contributed by atoms with Crippen molar-refractivity contribution in [3.8, 4) is 0 Å². The molecular formula is C19H20N6O2. The lowest BCUT2D eigenvalue weighted by atomic mass is 10.2. The first kappa shape index (κ1) is 17.0. The molecule has 2 aromatic heterocycles. The van der Waals surface area contributed by atoms with Gasteiger partial charge in [0.1, 0.15) is 23.6 Å². The largest absolute Gasteiger partial charge is 0.368 e. The molecule has 1 N–H and O–H groups in total. The number of rotatable bonds is 4. The van der Waals surface area contributed by atoms with Crippen molar-refractivity contribution in [1.82, 2.24) is 15.1 Å². The number of benzene rings is 1. The number of anilines is 3. The highest BCUT2D eigenvalue weighted by Crippen LogP contribution is 2.19. The average Bonchev–Trinajstić information content (AvgIpc) is 3.13.